The first-order chi connectivity index (χ1) is 8.58. The quantitative estimate of drug-likeness (QED) is 0.731. The predicted octanol–water partition coefficient (Wildman–Crippen LogP) is 1.50. The van der Waals surface area contributed by atoms with Crippen molar-refractivity contribution in [3.05, 3.63) is 11.2 Å². The van der Waals surface area contributed by atoms with Gasteiger partial charge < -0.3 is 16.0 Å². The van der Waals surface area contributed by atoms with Crippen molar-refractivity contribution in [2.24, 2.45) is 0 Å². The van der Waals surface area contributed by atoms with Gasteiger partial charge in [0.25, 0.3) is 0 Å². The van der Waals surface area contributed by atoms with E-state index in [-0.39, 0.29) is 5.91 Å². The maximum Gasteiger partial charge on any atom is 0.241 e. The van der Waals surface area contributed by atoms with Gasteiger partial charge in [-0.25, -0.2) is 4.98 Å². The summed E-state index contributed by atoms with van der Waals surface area (Å²) in [5, 5.41) is 8.93. The molecule has 1 unspecified atom stereocenters. The van der Waals surface area contributed by atoms with Crippen LogP contribution < -0.4 is 16.0 Å². The van der Waals surface area contributed by atoms with E-state index in [1.807, 2.05) is 0 Å². The summed E-state index contributed by atoms with van der Waals surface area (Å²) < 4.78 is 0. The number of hydrogen-bond donors (Lipinski definition) is 3. The van der Waals surface area contributed by atoms with Crippen molar-refractivity contribution in [1.82, 2.24) is 15.3 Å². The normalized spacial score (nSPS) is 11.8. The number of rotatable bonds is 6. The Hall–Kier alpha value is -1.56. The van der Waals surface area contributed by atoms with E-state index in [0.29, 0.717) is 16.8 Å². The van der Waals surface area contributed by atoms with Crippen molar-refractivity contribution in [3.8, 4) is 0 Å². The third-order valence-electron chi connectivity index (χ3n) is 2.27. The molecule has 0 spiro atoms. The minimum atomic E-state index is -0.415. The average molecular weight is 272 g/mol. The number of nitrogens with zero attached hydrogens (tertiary/aromatic N) is 2. The lowest BCUT2D eigenvalue weighted by molar-refractivity contribution is -0.121. The zero-order chi connectivity index (χ0) is 13.5. The lowest BCUT2D eigenvalue weighted by Crippen LogP contribution is -2.35. The molecule has 1 rings (SSSR count). The number of carbonyl (C=O) groups is 1. The second-order valence-electron chi connectivity index (χ2n) is 3.80. The molecule has 18 heavy (non-hydrogen) atoms. The molecule has 0 bridgehead atoms. The lowest BCUT2D eigenvalue weighted by Gasteiger charge is -2.14. The third kappa shape index (κ3) is 4.03. The Balaban J connectivity index is 2.77. The summed E-state index contributed by atoms with van der Waals surface area (Å²) in [4.78, 5) is 19.7. The summed E-state index contributed by atoms with van der Waals surface area (Å²) in [5.74, 6) is 0.807. The van der Waals surface area contributed by atoms with Crippen LogP contribution in [0.25, 0.3) is 0 Å². The van der Waals surface area contributed by atoms with Gasteiger partial charge in [-0.05, 0) is 13.3 Å². The van der Waals surface area contributed by atoms with Gasteiger partial charge >= 0.3 is 0 Å². The smallest absolute Gasteiger partial charge is 0.241 e. The van der Waals surface area contributed by atoms with Gasteiger partial charge in [0.15, 0.2) is 5.82 Å². The molecule has 0 aliphatic carbocycles. The minimum Gasteiger partial charge on any atom is -0.357 e. The Kier molecular flexibility index (Phi) is 5.64. The predicted molar refractivity (Wildman–Crippen MR) is 73.0 cm³/mol. The summed E-state index contributed by atoms with van der Waals surface area (Å²) in [5.41, 5.74) is 0. The van der Waals surface area contributed by atoms with Crippen molar-refractivity contribution in [2.45, 2.75) is 26.3 Å². The highest BCUT2D eigenvalue weighted by Crippen LogP contribution is 2.20. The average Bonchev–Trinajstić information content (AvgIpc) is 2.38. The molecular weight excluding hydrogens is 254 g/mol. The van der Waals surface area contributed by atoms with Crippen LogP contribution in [0.4, 0.5) is 11.8 Å². The molecule has 0 saturated heterocycles. The Morgan fingerprint density at radius 1 is 1.56 bits per heavy atom. The van der Waals surface area contributed by atoms with Gasteiger partial charge in [0.05, 0.1) is 6.20 Å². The third-order valence-corrected chi connectivity index (χ3v) is 2.55. The molecule has 0 aliphatic heterocycles. The molecule has 1 heterocycles. The van der Waals surface area contributed by atoms with E-state index in [9.17, 15) is 4.79 Å². The summed E-state index contributed by atoms with van der Waals surface area (Å²) in [7, 11) is 1.58. The molecule has 6 nitrogen and oxygen atoms in total. The van der Waals surface area contributed by atoms with Crippen molar-refractivity contribution in [2.75, 3.05) is 24.2 Å². The van der Waals surface area contributed by atoms with Crippen LogP contribution in [-0.4, -0.2) is 35.5 Å². The van der Waals surface area contributed by atoms with Gasteiger partial charge in [-0.3, -0.25) is 4.79 Å². The molecule has 7 heteroatoms. The Morgan fingerprint density at radius 3 is 2.89 bits per heavy atom. The maximum atomic E-state index is 11.4. The zero-order valence-electron chi connectivity index (χ0n) is 10.7. The van der Waals surface area contributed by atoms with Crippen LogP contribution in [-0.2, 0) is 4.79 Å². The van der Waals surface area contributed by atoms with Crippen molar-refractivity contribution < 1.29 is 4.79 Å². The SMILES string of the molecule is CCCNc1ncc(Cl)c(NC(C)C(=O)NC)n1. The van der Waals surface area contributed by atoms with Crippen molar-refractivity contribution >= 4 is 29.3 Å². The fourth-order valence-corrected chi connectivity index (χ4v) is 1.42. The van der Waals surface area contributed by atoms with E-state index in [1.165, 1.54) is 6.20 Å². The molecule has 0 saturated carbocycles. The molecular formula is C11H18ClN5O. The molecule has 1 atom stereocenters. The number of nitrogens with one attached hydrogen (secondary N) is 3. The fraction of sp³-hybridized carbons (Fsp3) is 0.545. The summed E-state index contributed by atoms with van der Waals surface area (Å²) in [6.07, 6.45) is 2.48. The van der Waals surface area contributed by atoms with Crippen LogP contribution in [0, 0.1) is 0 Å². The van der Waals surface area contributed by atoms with Crippen molar-refractivity contribution in [1.29, 1.82) is 0 Å². The molecule has 100 valence electrons. The van der Waals surface area contributed by atoms with Crippen molar-refractivity contribution in [3.63, 3.8) is 0 Å². The monoisotopic (exact) mass is 271 g/mol. The molecule has 1 aromatic rings. The maximum absolute atomic E-state index is 11.4. The largest absolute Gasteiger partial charge is 0.357 e. The second kappa shape index (κ2) is 7.00. The van der Waals surface area contributed by atoms with E-state index in [4.69, 9.17) is 11.6 Å². The van der Waals surface area contributed by atoms with Gasteiger partial charge in [-0.15, -0.1) is 0 Å². The molecule has 3 N–H and O–H groups in total. The van der Waals surface area contributed by atoms with E-state index in [1.54, 1.807) is 14.0 Å². The van der Waals surface area contributed by atoms with E-state index >= 15 is 0 Å². The van der Waals surface area contributed by atoms with Crippen LogP contribution in [0.2, 0.25) is 5.02 Å². The second-order valence-corrected chi connectivity index (χ2v) is 4.20. The number of likely N-dealkylation sites (N-methyl/N-ethyl adjacent to an activating group) is 1. The van der Waals surface area contributed by atoms with E-state index < -0.39 is 6.04 Å². The lowest BCUT2D eigenvalue weighted by atomic mass is 10.3. The van der Waals surface area contributed by atoms with Gasteiger partial charge in [-0.1, -0.05) is 18.5 Å². The van der Waals surface area contributed by atoms with Crippen LogP contribution in [0.15, 0.2) is 6.20 Å². The molecule has 1 amide bonds. The summed E-state index contributed by atoms with van der Waals surface area (Å²) in [6.45, 7) is 4.57. The van der Waals surface area contributed by atoms with Crippen LogP contribution in [0.1, 0.15) is 20.3 Å². The molecule has 0 radical (unpaired) electrons. The molecule has 0 fully saturated rings. The van der Waals surface area contributed by atoms with Gasteiger partial charge in [0, 0.05) is 13.6 Å². The van der Waals surface area contributed by atoms with Gasteiger partial charge in [0.2, 0.25) is 11.9 Å². The van der Waals surface area contributed by atoms with E-state index in [0.717, 1.165) is 13.0 Å². The summed E-state index contributed by atoms with van der Waals surface area (Å²) >= 11 is 5.98. The number of hydrogen-bond acceptors (Lipinski definition) is 5. The Bertz CT molecular complexity index is 412. The number of amides is 1. The van der Waals surface area contributed by atoms with Crippen LogP contribution in [0.3, 0.4) is 0 Å². The van der Waals surface area contributed by atoms with Crippen LogP contribution >= 0.6 is 11.6 Å². The first-order valence-corrected chi connectivity index (χ1v) is 6.20. The Morgan fingerprint density at radius 2 is 2.28 bits per heavy atom. The number of anilines is 2. The Labute approximate surface area is 112 Å². The first kappa shape index (κ1) is 14.5. The summed E-state index contributed by atoms with van der Waals surface area (Å²) in [6, 6.07) is -0.415. The van der Waals surface area contributed by atoms with Gasteiger partial charge in [-0.2, -0.15) is 4.98 Å². The highest BCUT2D eigenvalue weighted by molar-refractivity contribution is 6.32. The molecule has 0 aromatic carbocycles. The topological polar surface area (TPSA) is 78.9 Å². The van der Waals surface area contributed by atoms with Crippen LogP contribution in [0.5, 0.6) is 0 Å². The van der Waals surface area contributed by atoms with E-state index in [2.05, 4.69) is 32.8 Å². The number of halogens is 1. The number of aromatic nitrogens is 2. The minimum absolute atomic E-state index is 0.132. The first-order valence-electron chi connectivity index (χ1n) is 5.83. The molecule has 0 aliphatic rings. The zero-order valence-corrected chi connectivity index (χ0v) is 11.5. The highest BCUT2D eigenvalue weighted by atomic mass is 35.5. The fourth-order valence-electron chi connectivity index (χ4n) is 1.28. The standard InChI is InChI=1S/C11H18ClN5O/c1-4-5-14-11-15-6-8(12)9(17-11)16-7(2)10(18)13-3/h6-7H,4-5H2,1-3H3,(H,13,18)(H2,14,15,16,17). The number of carbonyl (C=O) groups excluding carboxylic acids is 1. The molecule has 1 aromatic heterocycles. The highest BCUT2D eigenvalue weighted by Gasteiger charge is 2.13. The van der Waals surface area contributed by atoms with Gasteiger partial charge in [0.1, 0.15) is 11.1 Å².